The van der Waals surface area contributed by atoms with Crippen molar-refractivity contribution in [1.29, 1.82) is 0 Å². The number of nitrogens with one attached hydrogen (secondary N) is 1. The lowest BCUT2D eigenvalue weighted by Crippen LogP contribution is -2.03. The Kier molecular flexibility index (Phi) is 3.49. The molecule has 1 aromatic heterocycles. The molecule has 1 heterocycles. The summed E-state index contributed by atoms with van der Waals surface area (Å²) in [5.74, 6) is 0.547. The molecule has 84 valence electrons. The average Bonchev–Trinajstić information content (AvgIpc) is 2.77. The number of nitrogens with zero attached hydrogens (tertiary/aromatic N) is 1. The SMILES string of the molecule is OC(Cc1ccc(Cl)c(Cl)c1)c1ncc[nH]1. The van der Waals surface area contributed by atoms with Crippen LogP contribution >= 0.6 is 23.2 Å². The zero-order chi connectivity index (χ0) is 11.5. The first-order valence-electron chi connectivity index (χ1n) is 4.78. The molecule has 0 aliphatic carbocycles. The van der Waals surface area contributed by atoms with Crippen molar-refractivity contribution in [2.45, 2.75) is 12.5 Å². The van der Waals surface area contributed by atoms with Crippen LogP contribution in [0.5, 0.6) is 0 Å². The van der Waals surface area contributed by atoms with Crippen LogP contribution in [-0.2, 0) is 6.42 Å². The lowest BCUT2D eigenvalue weighted by atomic mass is 10.1. The summed E-state index contributed by atoms with van der Waals surface area (Å²) in [5, 5.41) is 10.9. The number of rotatable bonds is 3. The molecule has 0 saturated heterocycles. The Labute approximate surface area is 103 Å². The second-order valence-electron chi connectivity index (χ2n) is 3.44. The summed E-state index contributed by atoms with van der Waals surface area (Å²) >= 11 is 11.7. The first-order valence-corrected chi connectivity index (χ1v) is 5.53. The van der Waals surface area contributed by atoms with E-state index in [0.29, 0.717) is 22.3 Å². The number of imidazole rings is 1. The molecule has 0 saturated carbocycles. The first-order chi connectivity index (χ1) is 7.66. The zero-order valence-electron chi connectivity index (χ0n) is 8.32. The maximum atomic E-state index is 9.85. The molecule has 1 aromatic carbocycles. The molecule has 5 heteroatoms. The number of aromatic nitrogens is 2. The Morgan fingerprint density at radius 3 is 2.75 bits per heavy atom. The van der Waals surface area contributed by atoms with Crippen LogP contribution in [0, 0.1) is 0 Å². The third-order valence-electron chi connectivity index (χ3n) is 2.25. The number of aromatic amines is 1. The summed E-state index contributed by atoms with van der Waals surface area (Å²) in [6.45, 7) is 0. The van der Waals surface area contributed by atoms with Crippen LogP contribution in [0.3, 0.4) is 0 Å². The minimum absolute atomic E-state index is 0.449. The van der Waals surface area contributed by atoms with E-state index in [9.17, 15) is 5.11 Å². The minimum Gasteiger partial charge on any atom is -0.385 e. The normalized spacial score (nSPS) is 12.7. The molecule has 0 fully saturated rings. The second kappa shape index (κ2) is 4.87. The Bertz CT molecular complexity index is 471. The number of hydrogen-bond acceptors (Lipinski definition) is 2. The molecule has 0 aliphatic heterocycles. The topological polar surface area (TPSA) is 48.9 Å². The zero-order valence-corrected chi connectivity index (χ0v) is 9.83. The van der Waals surface area contributed by atoms with E-state index in [4.69, 9.17) is 23.2 Å². The fourth-order valence-corrected chi connectivity index (χ4v) is 1.77. The van der Waals surface area contributed by atoms with Gasteiger partial charge in [-0.25, -0.2) is 4.98 Å². The summed E-state index contributed by atoms with van der Waals surface area (Å²) in [5.41, 5.74) is 0.915. The van der Waals surface area contributed by atoms with E-state index in [-0.39, 0.29) is 0 Å². The van der Waals surface area contributed by atoms with Gasteiger partial charge < -0.3 is 10.1 Å². The van der Waals surface area contributed by atoms with Crippen molar-refractivity contribution in [3.05, 3.63) is 52.0 Å². The van der Waals surface area contributed by atoms with E-state index in [1.165, 1.54) is 0 Å². The Morgan fingerprint density at radius 1 is 1.31 bits per heavy atom. The Hall–Kier alpha value is -1.03. The maximum absolute atomic E-state index is 9.85. The highest BCUT2D eigenvalue weighted by Gasteiger charge is 2.11. The van der Waals surface area contributed by atoms with Crippen molar-refractivity contribution in [2.24, 2.45) is 0 Å². The van der Waals surface area contributed by atoms with Crippen LogP contribution in [0.1, 0.15) is 17.5 Å². The number of hydrogen-bond donors (Lipinski definition) is 2. The highest BCUT2D eigenvalue weighted by atomic mass is 35.5. The average molecular weight is 257 g/mol. The van der Waals surface area contributed by atoms with Gasteiger partial charge in [-0.05, 0) is 17.7 Å². The number of benzene rings is 1. The molecule has 2 N–H and O–H groups in total. The molecule has 0 bridgehead atoms. The Balaban J connectivity index is 2.12. The maximum Gasteiger partial charge on any atom is 0.135 e. The first kappa shape index (κ1) is 11.5. The molecule has 2 aromatic rings. The summed E-state index contributed by atoms with van der Waals surface area (Å²) < 4.78 is 0. The summed E-state index contributed by atoms with van der Waals surface area (Å²) in [6, 6.07) is 5.30. The van der Waals surface area contributed by atoms with Gasteiger partial charge in [0.2, 0.25) is 0 Å². The quantitative estimate of drug-likeness (QED) is 0.887. The third-order valence-corrected chi connectivity index (χ3v) is 2.99. The molecule has 0 spiro atoms. The van der Waals surface area contributed by atoms with Gasteiger partial charge >= 0.3 is 0 Å². The van der Waals surface area contributed by atoms with Gasteiger partial charge in [-0.15, -0.1) is 0 Å². The van der Waals surface area contributed by atoms with Gasteiger partial charge in [0.05, 0.1) is 10.0 Å². The van der Waals surface area contributed by atoms with Crippen LogP contribution in [-0.4, -0.2) is 15.1 Å². The van der Waals surface area contributed by atoms with Gasteiger partial charge in [-0.3, -0.25) is 0 Å². The van der Waals surface area contributed by atoms with E-state index < -0.39 is 6.10 Å². The molecule has 3 nitrogen and oxygen atoms in total. The number of aliphatic hydroxyl groups is 1. The summed E-state index contributed by atoms with van der Waals surface area (Å²) in [4.78, 5) is 6.85. The van der Waals surface area contributed by atoms with Crippen LogP contribution in [0.2, 0.25) is 10.0 Å². The minimum atomic E-state index is -0.660. The molecular formula is C11H10Cl2N2O. The van der Waals surface area contributed by atoms with Crippen molar-refractivity contribution in [3.8, 4) is 0 Å². The molecular weight excluding hydrogens is 247 g/mol. The predicted molar refractivity (Wildman–Crippen MR) is 63.7 cm³/mol. The van der Waals surface area contributed by atoms with Gasteiger partial charge in [0.1, 0.15) is 11.9 Å². The van der Waals surface area contributed by atoms with Crippen molar-refractivity contribution >= 4 is 23.2 Å². The van der Waals surface area contributed by atoms with Crippen molar-refractivity contribution < 1.29 is 5.11 Å². The van der Waals surface area contributed by atoms with Gasteiger partial charge in [-0.1, -0.05) is 29.3 Å². The Morgan fingerprint density at radius 2 is 2.12 bits per heavy atom. The van der Waals surface area contributed by atoms with Crippen molar-refractivity contribution in [3.63, 3.8) is 0 Å². The van der Waals surface area contributed by atoms with Crippen LogP contribution in [0.15, 0.2) is 30.6 Å². The highest BCUT2D eigenvalue weighted by Crippen LogP contribution is 2.24. The van der Waals surface area contributed by atoms with Gasteiger partial charge in [-0.2, -0.15) is 0 Å². The van der Waals surface area contributed by atoms with E-state index in [2.05, 4.69) is 9.97 Å². The van der Waals surface area contributed by atoms with Crippen LogP contribution < -0.4 is 0 Å². The van der Waals surface area contributed by atoms with Crippen molar-refractivity contribution in [1.82, 2.24) is 9.97 Å². The van der Waals surface area contributed by atoms with Gasteiger partial charge in [0, 0.05) is 18.8 Å². The van der Waals surface area contributed by atoms with Gasteiger partial charge in [0.15, 0.2) is 0 Å². The second-order valence-corrected chi connectivity index (χ2v) is 4.26. The molecule has 1 unspecified atom stereocenters. The third kappa shape index (κ3) is 2.55. The molecule has 0 amide bonds. The van der Waals surface area contributed by atoms with Crippen LogP contribution in [0.25, 0.3) is 0 Å². The standard InChI is InChI=1S/C11H10Cl2N2O/c12-8-2-1-7(5-9(8)13)6-10(16)11-14-3-4-15-11/h1-5,10,16H,6H2,(H,14,15). The van der Waals surface area contributed by atoms with Crippen LogP contribution in [0.4, 0.5) is 0 Å². The smallest absolute Gasteiger partial charge is 0.135 e. The fraction of sp³-hybridized carbons (Fsp3) is 0.182. The predicted octanol–water partition coefficient (Wildman–Crippen LogP) is 2.99. The summed E-state index contributed by atoms with van der Waals surface area (Å²) in [7, 11) is 0. The molecule has 1 atom stereocenters. The fourth-order valence-electron chi connectivity index (χ4n) is 1.45. The van der Waals surface area contributed by atoms with E-state index in [0.717, 1.165) is 5.56 Å². The number of aliphatic hydroxyl groups excluding tert-OH is 1. The van der Waals surface area contributed by atoms with Crippen molar-refractivity contribution in [2.75, 3.05) is 0 Å². The number of H-pyrrole nitrogens is 1. The number of halogens is 2. The molecule has 16 heavy (non-hydrogen) atoms. The van der Waals surface area contributed by atoms with E-state index in [1.54, 1.807) is 24.5 Å². The monoisotopic (exact) mass is 256 g/mol. The lowest BCUT2D eigenvalue weighted by molar-refractivity contribution is 0.169. The largest absolute Gasteiger partial charge is 0.385 e. The molecule has 2 rings (SSSR count). The van der Waals surface area contributed by atoms with Gasteiger partial charge in [0.25, 0.3) is 0 Å². The molecule has 0 radical (unpaired) electrons. The summed E-state index contributed by atoms with van der Waals surface area (Å²) in [6.07, 6.45) is 3.07. The highest BCUT2D eigenvalue weighted by molar-refractivity contribution is 6.42. The molecule has 0 aliphatic rings. The van der Waals surface area contributed by atoms with E-state index >= 15 is 0 Å². The lowest BCUT2D eigenvalue weighted by Gasteiger charge is -2.08. The van der Waals surface area contributed by atoms with E-state index in [1.807, 2.05) is 6.07 Å².